The number of nitrogens with two attached hydrogens (primary N) is 2. The molecule has 9 nitrogen and oxygen atoms in total. The molecule has 0 saturated carbocycles. The minimum atomic E-state index is -1.30. The van der Waals surface area contributed by atoms with Crippen molar-refractivity contribution in [2.75, 3.05) is 13.1 Å². The van der Waals surface area contributed by atoms with Crippen LogP contribution in [0.4, 0.5) is 0 Å². The Hall–Kier alpha value is -1.84. The van der Waals surface area contributed by atoms with Crippen LogP contribution in [0.3, 0.4) is 0 Å². The zero-order valence-corrected chi connectivity index (χ0v) is 10.4. The third kappa shape index (κ3) is 4.73. The molecule has 19 heavy (non-hydrogen) atoms. The highest BCUT2D eigenvalue weighted by Crippen LogP contribution is 2.19. The second-order valence-corrected chi connectivity index (χ2v) is 3.76. The van der Waals surface area contributed by atoms with E-state index in [4.69, 9.17) is 26.9 Å². The third-order valence-electron chi connectivity index (χ3n) is 2.52. The molecule has 0 heterocycles. The number of hydrogen-bond donors (Lipinski definition) is 5. The van der Waals surface area contributed by atoms with Crippen LogP contribution in [0, 0.1) is 0 Å². The predicted octanol–water partition coefficient (Wildman–Crippen LogP) is -1.15. The normalized spacial score (nSPS) is 13.4. The monoisotopic (exact) mass is 277 g/mol. The minimum Gasteiger partial charge on any atom is -0.480 e. The van der Waals surface area contributed by atoms with Gasteiger partial charge in [0.05, 0.1) is 0 Å². The Balaban J connectivity index is 5.41. The first kappa shape index (κ1) is 17.2. The number of nitrogens with zero attached hydrogens (tertiary/aromatic N) is 1. The molecule has 0 aromatic carbocycles. The minimum absolute atomic E-state index is 0.0150. The van der Waals surface area contributed by atoms with Gasteiger partial charge < -0.3 is 31.5 Å². The molecule has 9 heteroatoms. The summed E-state index contributed by atoms with van der Waals surface area (Å²) >= 11 is 0. The molecule has 2 atom stereocenters. The quantitative estimate of drug-likeness (QED) is 0.189. The summed E-state index contributed by atoms with van der Waals surface area (Å²) in [4.78, 5) is 27.1. The van der Waals surface area contributed by atoms with Gasteiger partial charge in [-0.2, -0.15) is 0 Å². The van der Waals surface area contributed by atoms with Crippen LogP contribution < -0.4 is 11.5 Å². The molecule has 0 fully saturated rings. The Labute approximate surface area is 110 Å². The van der Waals surface area contributed by atoms with Crippen molar-refractivity contribution in [2.45, 2.75) is 24.9 Å². The van der Waals surface area contributed by atoms with Gasteiger partial charge in [0.2, 0.25) is 5.88 Å². The molecule has 0 spiro atoms. The van der Waals surface area contributed by atoms with Crippen LogP contribution in [-0.4, -0.2) is 57.5 Å². The standard InChI is InChI=1S/C10H19N3O6/c1-6(19-18)13(7(2-4-11)9(14)15)8(3-5-12)10(16)17/h7-8,18H,1-5,11-12H2,(H,14,15)(H,16,17). The fourth-order valence-electron chi connectivity index (χ4n) is 1.69. The molecule has 0 bridgehead atoms. The largest absolute Gasteiger partial charge is 0.480 e. The van der Waals surface area contributed by atoms with E-state index in [1.807, 2.05) is 0 Å². The number of hydrogen-bond acceptors (Lipinski definition) is 7. The van der Waals surface area contributed by atoms with Crippen LogP contribution in [-0.2, 0) is 14.5 Å². The number of carbonyl (C=O) groups is 2. The maximum Gasteiger partial charge on any atom is 0.326 e. The smallest absolute Gasteiger partial charge is 0.326 e. The van der Waals surface area contributed by atoms with E-state index in [0.29, 0.717) is 0 Å². The van der Waals surface area contributed by atoms with Crippen LogP contribution in [0.2, 0.25) is 0 Å². The van der Waals surface area contributed by atoms with Gasteiger partial charge in [-0.3, -0.25) is 0 Å². The van der Waals surface area contributed by atoms with Crippen molar-refractivity contribution in [1.29, 1.82) is 0 Å². The molecule has 0 aliphatic carbocycles. The Morgan fingerprint density at radius 3 is 1.68 bits per heavy atom. The van der Waals surface area contributed by atoms with Crippen LogP contribution in [0.5, 0.6) is 0 Å². The molecular formula is C10H19N3O6. The topological polar surface area (TPSA) is 159 Å². The van der Waals surface area contributed by atoms with E-state index in [-0.39, 0.29) is 25.9 Å². The second kappa shape index (κ2) is 8.29. The summed E-state index contributed by atoms with van der Waals surface area (Å²) < 4.78 is 0. The summed E-state index contributed by atoms with van der Waals surface area (Å²) in [5.74, 6) is -3.08. The molecule has 0 saturated heterocycles. The summed E-state index contributed by atoms with van der Waals surface area (Å²) in [7, 11) is 0. The van der Waals surface area contributed by atoms with E-state index in [1.165, 1.54) is 0 Å². The maximum absolute atomic E-state index is 11.2. The molecule has 7 N–H and O–H groups in total. The number of carboxylic acid groups (broad SMARTS) is 2. The SMILES string of the molecule is C=C(OO)N(C(CCN)C(=O)O)C(CCN)C(=O)O. The molecule has 0 aliphatic rings. The van der Waals surface area contributed by atoms with Crippen molar-refractivity contribution >= 4 is 11.9 Å². The highest BCUT2D eigenvalue weighted by Gasteiger charge is 2.36. The van der Waals surface area contributed by atoms with E-state index in [2.05, 4.69) is 11.5 Å². The summed E-state index contributed by atoms with van der Waals surface area (Å²) in [6, 6.07) is -2.56. The van der Waals surface area contributed by atoms with Crippen molar-refractivity contribution in [3.8, 4) is 0 Å². The zero-order chi connectivity index (χ0) is 15.0. The van der Waals surface area contributed by atoms with Crippen LogP contribution in [0.1, 0.15) is 12.8 Å². The number of carboxylic acids is 2. The molecule has 0 aromatic rings. The van der Waals surface area contributed by atoms with Crippen molar-refractivity contribution in [3.63, 3.8) is 0 Å². The van der Waals surface area contributed by atoms with E-state index in [1.54, 1.807) is 0 Å². The van der Waals surface area contributed by atoms with Gasteiger partial charge >= 0.3 is 11.9 Å². The van der Waals surface area contributed by atoms with Gasteiger partial charge in [0.25, 0.3) is 0 Å². The van der Waals surface area contributed by atoms with Gasteiger partial charge in [-0.15, -0.1) is 0 Å². The van der Waals surface area contributed by atoms with Crippen molar-refractivity contribution in [3.05, 3.63) is 12.5 Å². The van der Waals surface area contributed by atoms with E-state index >= 15 is 0 Å². The van der Waals surface area contributed by atoms with Crippen LogP contribution in [0.15, 0.2) is 12.5 Å². The lowest BCUT2D eigenvalue weighted by atomic mass is 10.1. The average molecular weight is 277 g/mol. The fourth-order valence-corrected chi connectivity index (χ4v) is 1.69. The molecular weight excluding hydrogens is 258 g/mol. The highest BCUT2D eigenvalue weighted by molar-refractivity contribution is 5.78. The van der Waals surface area contributed by atoms with Crippen LogP contribution >= 0.6 is 0 Å². The van der Waals surface area contributed by atoms with E-state index < -0.39 is 29.9 Å². The first-order valence-corrected chi connectivity index (χ1v) is 5.55. The van der Waals surface area contributed by atoms with E-state index in [0.717, 1.165) is 4.90 Å². The summed E-state index contributed by atoms with van der Waals surface area (Å²) in [6.45, 7) is 3.32. The second-order valence-electron chi connectivity index (χ2n) is 3.76. The van der Waals surface area contributed by atoms with Crippen molar-refractivity contribution < 1.29 is 29.9 Å². The molecule has 0 aromatic heterocycles. The first-order valence-electron chi connectivity index (χ1n) is 5.55. The Bertz CT molecular complexity index is 311. The number of aliphatic carboxylic acids is 2. The lowest BCUT2D eigenvalue weighted by Crippen LogP contribution is -2.51. The first-order chi connectivity index (χ1) is 8.90. The van der Waals surface area contributed by atoms with Gasteiger partial charge in [0.1, 0.15) is 12.1 Å². The van der Waals surface area contributed by atoms with Crippen LogP contribution in [0.25, 0.3) is 0 Å². The van der Waals surface area contributed by atoms with Gasteiger partial charge in [-0.1, -0.05) is 0 Å². The Morgan fingerprint density at radius 1 is 1.11 bits per heavy atom. The third-order valence-corrected chi connectivity index (χ3v) is 2.52. The molecule has 0 amide bonds. The lowest BCUT2D eigenvalue weighted by Gasteiger charge is -2.34. The van der Waals surface area contributed by atoms with Gasteiger partial charge in [0.15, 0.2) is 0 Å². The molecule has 0 rings (SSSR count). The van der Waals surface area contributed by atoms with Gasteiger partial charge in [-0.05, 0) is 32.5 Å². The zero-order valence-electron chi connectivity index (χ0n) is 10.4. The number of rotatable bonds is 10. The average Bonchev–Trinajstić information content (AvgIpc) is 2.35. The van der Waals surface area contributed by atoms with E-state index in [9.17, 15) is 9.59 Å². The fraction of sp³-hybridized carbons (Fsp3) is 0.600. The lowest BCUT2D eigenvalue weighted by molar-refractivity contribution is -0.231. The Morgan fingerprint density at radius 2 is 1.47 bits per heavy atom. The Kier molecular flexibility index (Phi) is 7.49. The van der Waals surface area contributed by atoms with Crippen molar-refractivity contribution in [2.24, 2.45) is 11.5 Å². The molecule has 2 unspecified atom stereocenters. The van der Waals surface area contributed by atoms with Gasteiger partial charge in [-0.25, -0.2) is 14.8 Å². The van der Waals surface area contributed by atoms with Gasteiger partial charge in [0, 0.05) is 0 Å². The highest BCUT2D eigenvalue weighted by atomic mass is 17.1. The summed E-state index contributed by atoms with van der Waals surface area (Å²) in [5.41, 5.74) is 10.6. The maximum atomic E-state index is 11.2. The van der Waals surface area contributed by atoms with Crippen molar-refractivity contribution in [1.82, 2.24) is 4.90 Å². The predicted molar refractivity (Wildman–Crippen MR) is 64.9 cm³/mol. The summed E-state index contributed by atoms with van der Waals surface area (Å²) in [5, 5.41) is 26.9. The summed E-state index contributed by atoms with van der Waals surface area (Å²) in [6.07, 6.45) is -0.0713. The molecule has 110 valence electrons. The molecule has 0 aliphatic heterocycles. The molecule has 0 radical (unpaired) electrons.